The third-order valence-corrected chi connectivity index (χ3v) is 5.86. The fourth-order valence-electron chi connectivity index (χ4n) is 2.86. The number of aliphatic imine (C=N–C) groups is 1. The molecule has 164 valence electrons. The summed E-state index contributed by atoms with van der Waals surface area (Å²) in [5.74, 6) is -0.864. The molecule has 1 N–H and O–H groups in total. The van der Waals surface area contributed by atoms with Crippen LogP contribution in [0, 0.1) is 10.1 Å². The van der Waals surface area contributed by atoms with Crippen LogP contribution in [0.5, 0.6) is 5.75 Å². The summed E-state index contributed by atoms with van der Waals surface area (Å²) < 4.78 is 6.19. The molecule has 0 radical (unpaired) electrons. The first-order chi connectivity index (χ1) is 15.9. The molecule has 33 heavy (non-hydrogen) atoms. The van der Waals surface area contributed by atoms with Crippen LogP contribution in [-0.2, 0) is 4.79 Å². The van der Waals surface area contributed by atoms with Crippen molar-refractivity contribution < 1.29 is 19.2 Å². The first kappa shape index (κ1) is 22.4. The van der Waals surface area contributed by atoms with Gasteiger partial charge in [0.25, 0.3) is 11.6 Å². The van der Waals surface area contributed by atoms with Crippen LogP contribution in [0.1, 0.15) is 15.9 Å². The number of carbonyl (C=O) groups excluding carboxylic acids is 2. The Morgan fingerprint density at radius 2 is 1.76 bits per heavy atom. The summed E-state index contributed by atoms with van der Waals surface area (Å²) in [6.07, 6.45) is 1.69. The van der Waals surface area contributed by atoms with Crippen LogP contribution in [0.4, 0.5) is 11.4 Å². The number of halogens is 1. The Morgan fingerprint density at radius 1 is 1.06 bits per heavy atom. The van der Waals surface area contributed by atoms with Gasteiger partial charge in [0.1, 0.15) is 11.3 Å². The number of amidine groups is 1. The number of nitro benzene ring substituents is 1. The highest BCUT2D eigenvalue weighted by Crippen LogP contribution is 2.29. The first-order valence-electron chi connectivity index (χ1n) is 9.50. The molecular formula is C23H14BrN3O5S. The van der Waals surface area contributed by atoms with Crippen LogP contribution in [0.25, 0.3) is 6.08 Å². The topological polar surface area (TPSA) is 111 Å². The molecule has 3 aromatic carbocycles. The summed E-state index contributed by atoms with van der Waals surface area (Å²) in [5, 5.41) is 14.3. The zero-order valence-electron chi connectivity index (χ0n) is 16.7. The molecule has 0 atom stereocenters. The van der Waals surface area contributed by atoms with Gasteiger partial charge in [-0.1, -0.05) is 40.2 Å². The van der Waals surface area contributed by atoms with Gasteiger partial charge in [0.15, 0.2) is 5.17 Å². The van der Waals surface area contributed by atoms with Gasteiger partial charge in [0.05, 0.1) is 15.5 Å². The predicted molar refractivity (Wildman–Crippen MR) is 129 cm³/mol. The van der Waals surface area contributed by atoms with Crippen LogP contribution < -0.4 is 10.1 Å². The number of amides is 1. The summed E-state index contributed by atoms with van der Waals surface area (Å²) >= 11 is 4.58. The minimum atomic E-state index is -0.826. The van der Waals surface area contributed by atoms with Crippen LogP contribution in [0.3, 0.4) is 0 Å². The van der Waals surface area contributed by atoms with Crippen molar-refractivity contribution in [3.05, 3.63) is 103 Å². The van der Waals surface area contributed by atoms with Crippen LogP contribution in [0.2, 0.25) is 0 Å². The highest BCUT2D eigenvalue weighted by Gasteiger charge is 2.24. The molecule has 0 aliphatic carbocycles. The molecule has 1 fully saturated rings. The van der Waals surface area contributed by atoms with Crippen molar-refractivity contribution in [3.8, 4) is 5.75 Å². The van der Waals surface area contributed by atoms with Gasteiger partial charge in [-0.15, -0.1) is 0 Å². The number of hydrogen-bond acceptors (Lipinski definition) is 7. The molecule has 0 aromatic heterocycles. The molecule has 1 heterocycles. The molecule has 8 nitrogen and oxygen atoms in total. The first-order valence-corrected chi connectivity index (χ1v) is 11.1. The van der Waals surface area contributed by atoms with E-state index < -0.39 is 10.9 Å². The number of benzene rings is 3. The molecule has 10 heteroatoms. The van der Waals surface area contributed by atoms with Crippen molar-refractivity contribution in [2.75, 3.05) is 0 Å². The Bertz CT molecular complexity index is 1300. The average molecular weight is 524 g/mol. The number of esters is 1. The maximum atomic E-state index is 12.3. The van der Waals surface area contributed by atoms with E-state index in [-0.39, 0.29) is 22.9 Å². The standard InChI is InChI=1S/C23H14BrN3O5S/c24-15-7-9-16(10-8-15)25-23-26-21(28)20(33-23)13-14-5-11-17(12-6-14)32-22(29)18-3-1-2-4-19(18)27(30)31/h1-13H,(H,25,26,28)/b20-13-. The third-order valence-electron chi connectivity index (χ3n) is 4.42. The van der Waals surface area contributed by atoms with Gasteiger partial charge < -0.3 is 10.1 Å². The Balaban J connectivity index is 1.45. The van der Waals surface area contributed by atoms with Crippen molar-refractivity contribution >= 4 is 62.2 Å². The van der Waals surface area contributed by atoms with Crippen LogP contribution >= 0.6 is 27.7 Å². The number of thioether (sulfide) groups is 1. The molecule has 1 amide bonds. The molecule has 4 rings (SSSR count). The minimum Gasteiger partial charge on any atom is -0.423 e. The second-order valence-corrected chi connectivity index (χ2v) is 8.64. The monoisotopic (exact) mass is 523 g/mol. The highest BCUT2D eigenvalue weighted by molar-refractivity contribution is 9.10. The summed E-state index contributed by atoms with van der Waals surface area (Å²) in [4.78, 5) is 40.0. The lowest BCUT2D eigenvalue weighted by Gasteiger charge is -2.05. The number of nitrogens with one attached hydrogen (secondary N) is 1. The van der Waals surface area contributed by atoms with Crippen molar-refractivity contribution in [2.24, 2.45) is 4.99 Å². The zero-order chi connectivity index (χ0) is 23.4. The van der Waals surface area contributed by atoms with E-state index in [0.717, 1.165) is 4.47 Å². The Kier molecular flexibility index (Phi) is 6.66. The fourth-order valence-corrected chi connectivity index (χ4v) is 3.97. The lowest BCUT2D eigenvalue weighted by molar-refractivity contribution is -0.385. The van der Waals surface area contributed by atoms with E-state index in [1.165, 1.54) is 36.0 Å². The van der Waals surface area contributed by atoms with Crippen molar-refractivity contribution in [1.29, 1.82) is 0 Å². The number of para-hydroxylation sites is 1. The molecule has 0 saturated carbocycles. The summed E-state index contributed by atoms with van der Waals surface area (Å²) in [6, 6.07) is 19.4. The molecule has 1 saturated heterocycles. The van der Waals surface area contributed by atoms with Crippen molar-refractivity contribution in [2.45, 2.75) is 0 Å². The van der Waals surface area contributed by atoms with Crippen molar-refractivity contribution in [1.82, 2.24) is 5.32 Å². The Labute approximate surface area is 200 Å². The Morgan fingerprint density at radius 3 is 2.45 bits per heavy atom. The van der Waals surface area contributed by atoms with Gasteiger partial charge in [-0.3, -0.25) is 14.9 Å². The van der Waals surface area contributed by atoms with E-state index in [1.807, 2.05) is 24.3 Å². The van der Waals surface area contributed by atoms with Gasteiger partial charge in [-0.25, -0.2) is 9.79 Å². The molecule has 1 aliphatic heterocycles. The maximum Gasteiger partial charge on any atom is 0.350 e. The zero-order valence-corrected chi connectivity index (χ0v) is 19.1. The number of nitrogens with zero attached hydrogens (tertiary/aromatic N) is 2. The van der Waals surface area contributed by atoms with E-state index in [1.54, 1.807) is 30.3 Å². The quantitative estimate of drug-likeness (QED) is 0.156. The average Bonchev–Trinajstić information content (AvgIpc) is 3.15. The third kappa shape index (κ3) is 5.54. The number of nitro groups is 1. The smallest absolute Gasteiger partial charge is 0.350 e. The van der Waals surface area contributed by atoms with E-state index >= 15 is 0 Å². The van der Waals surface area contributed by atoms with E-state index in [9.17, 15) is 19.7 Å². The van der Waals surface area contributed by atoms with Gasteiger partial charge >= 0.3 is 5.97 Å². The SMILES string of the molecule is O=C1NC(=Nc2ccc(Br)cc2)S/C1=C\c1ccc(OC(=O)c2ccccc2[N+](=O)[O-])cc1. The van der Waals surface area contributed by atoms with Gasteiger partial charge in [-0.05, 0) is 65.9 Å². The lowest BCUT2D eigenvalue weighted by Crippen LogP contribution is -2.19. The van der Waals surface area contributed by atoms with Crippen LogP contribution in [0.15, 0.2) is 87.2 Å². The Hall–Kier alpha value is -3.76. The minimum absolute atomic E-state index is 0.134. The lowest BCUT2D eigenvalue weighted by atomic mass is 10.2. The summed E-state index contributed by atoms with van der Waals surface area (Å²) in [5.41, 5.74) is 0.967. The summed E-state index contributed by atoms with van der Waals surface area (Å²) in [6.45, 7) is 0. The van der Waals surface area contributed by atoms with Gasteiger partial charge in [0.2, 0.25) is 0 Å². The largest absolute Gasteiger partial charge is 0.423 e. The number of ether oxygens (including phenoxy) is 1. The second kappa shape index (κ2) is 9.80. The number of rotatable bonds is 5. The number of hydrogen-bond donors (Lipinski definition) is 1. The number of carbonyl (C=O) groups is 2. The molecule has 0 unspecified atom stereocenters. The molecule has 3 aromatic rings. The van der Waals surface area contributed by atoms with E-state index in [2.05, 4.69) is 26.2 Å². The predicted octanol–water partition coefficient (Wildman–Crippen LogP) is 5.47. The fraction of sp³-hybridized carbons (Fsp3) is 0. The molecule has 0 spiro atoms. The second-order valence-electron chi connectivity index (χ2n) is 6.69. The summed E-state index contributed by atoms with van der Waals surface area (Å²) in [7, 11) is 0. The highest BCUT2D eigenvalue weighted by atomic mass is 79.9. The van der Waals surface area contributed by atoms with Crippen molar-refractivity contribution in [3.63, 3.8) is 0 Å². The maximum absolute atomic E-state index is 12.3. The van der Waals surface area contributed by atoms with E-state index in [0.29, 0.717) is 21.3 Å². The molecular weight excluding hydrogens is 510 g/mol. The van der Waals surface area contributed by atoms with Gasteiger partial charge in [0, 0.05) is 10.5 Å². The molecule has 0 bridgehead atoms. The normalized spacial score (nSPS) is 15.5. The van der Waals surface area contributed by atoms with Gasteiger partial charge in [-0.2, -0.15) is 0 Å². The molecule has 1 aliphatic rings. The van der Waals surface area contributed by atoms with Crippen LogP contribution in [-0.4, -0.2) is 22.0 Å². The van der Waals surface area contributed by atoms with E-state index in [4.69, 9.17) is 4.74 Å².